The van der Waals surface area contributed by atoms with Crippen LogP contribution in [0.3, 0.4) is 0 Å². The van der Waals surface area contributed by atoms with Crippen LogP contribution in [0, 0.1) is 5.92 Å². The first-order chi connectivity index (χ1) is 10.2. The molecule has 1 N–H and O–H groups in total. The van der Waals surface area contributed by atoms with E-state index in [0.29, 0.717) is 5.92 Å². The van der Waals surface area contributed by atoms with Crippen LogP contribution in [0.5, 0.6) is 0 Å². The summed E-state index contributed by atoms with van der Waals surface area (Å²) in [5, 5.41) is 5.14. The van der Waals surface area contributed by atoms with Crippen molar-refractivity contribution in [1.82, 2.24) is 10.3 Å². The summed E-state index contributed by atoms with van der Waals surface area (Å²) in [7, 11) is 0. The predicted octanol–water partition coefficient (Wildman–Crippen LogP) is 3.96. The van der Waals surface area contributed by atoms with E-state index < -0.39 is 0 Å². The van der Waals surface area contributed by atoms with E-state index >= 15 is 0 Å². The molecule has 1 aliphatic rings. The Kier molecular flexibility index (Phi) is 4.60. The quantitative estimate of drug-likeness (QED) is 0.820. The van der Waals surface area contributed by atoms with Crippen LogP contribution in [0.2, 0.25) is 0 Å². The summed E-state index contributed by atoms with van der Waals surface area (Å²) in [4.78, 5) is 17.5. The highest BCUT2D eigenvalue weighted by Gasteiger charge is 2.28. The number of hydrogen-bond acceptors (Lipinski definition) is 4. The molecule has 1 heterocycles. The predicted molar refractivity (Wildman–Crippen MR) is 87.8 cm³/mol. The number of hydrogen-bond donors (Lipinski definition) is 1. The fourth-order valence-electron chi connectivity index (χ4n) is 2.17. The Hall–Kier alpha value is -1.33. The largest absolute Gasteiger partial charge is 0.349 e. The van der Waals surface area contributed by atoms with Gasteiger partial charge in [-0.1, -0.05) is 0 Å². The second-order valence-electron chi connectivity index (χ2n) is 5.39. The van der Waals surface area contributed by atoms with Gasteiger partial charge in [-0.25, -0.2) is 4.98 Å². The molecule has 2 aromatic rings. The number of benzene rings is 1. The fraction of sp³-hybridized carbons (Fsp3) is 0.375. The van der Waals surface area contributed by atoms with Gasteiger partial charge in [-0.05, 0) is 49.9 Å². The average molecular weight is 318 g/mol. The van der Waals surface area contributed by atoms with Gasteiger partial charge in [0.15, 0.2) is 0 Å². The molecule has 0 aliphatic heterocycles. The number of carbonyl (C=O) groups is 1. The Morgan fingerprint density at radius 1 is 1.43 bits per heavy atom. The van der Waals surface area contributed by atoms with Gasteiger partial charge in [-0.15, -0.1) is 23.1 Å². The number of rotatable bonds is 6. The molecular weight excluding hydrogens is 300 g/mol. The van der Waals surface area contributed by atoms with Crippen molar-refractivity contribution < 1.29 is 4.79 Å². The summed E-state index contributed by atoms with van der Waals surface area (Å²) < 4.78 is 0. The molecule has 1 aromatic heterocycles. The van der Waals surface area contributed by atoms with Crippen LogP contribution < -0.4 is 5.32 Å². The number of carbonyl (C=O) groups excluding carboxylic acids is 1. The summed E-state index contributed by atoms with van der Waals surface area (Å²) >= 11 is 3.36. The molecule has 1 aliphatic carbocycles. The maximum Gasteiger partial charge on any atom is 0.251 e. The van der Waals surface area contributed by atoms with Crippen molar-refractivity contribution in [1.29, 1.82) is 0 Å². The van der Waals surface area contributed by atoms with Crippen LogP contribution in [0.15, 0.2) is 40.1 Å². The van der Waals surface area contributed by atoms with Crippen LogP contribution in [-0.4, -0.2) is 16.9 Å². The first-order valence-corrected chi connectivity index (χ1v) is 9.06. The third-order valence-electron chi connectivity index (χ3n) is 3.67. The van der Waals surface area contributed by atoms with Crippen LogP contribution in [0.1, 0.15) is 35.8 Å². The minimum Gasteiger partial charge on any atom is -0.349 e. The van der Waals surface area contributed by atoms with E-state index in [1.165, 1.54) is 12.8 Å². The summed E-state index contributed by atoms with van der Waals surface area (Å²) in [6.07, 6.45) is 2.49. The van der Waals surface area contributed by atoms with Gasteiger partial charge >= 0.3 is 0 Å². The lowest BCUT2D eigenvalue weighted by Gasteiger charge is -2.12. The summed E-state index contributed by atoms with van der Waals surface area (Å²) in [5.74, 6) is 1.58. The Morgan fingerprint density at radius 2 is 2.19 bits per heavy atom. The third-order valence-corrected chi connectivity index (χ3v) is 5.36. The van der Waals surface area contributed by atoms with Crippen molar-refractivity contribution in [3.63, 3.8) is 0 Å². The van der Waals surface area contributed by atoms with E-state index in [1.54, 1.807) is 23.1 Å². The van der Waals surface area contributed by atoms with Gasteiger partial charge in [0.05, 0.1) is 11.2 Å². The molecule has 21 heavy (non-hydrogen) atoms. The molecule has 0 spiro atoms. The van der Waals surface area contributed by atoms with E-state index in [4.69, 9.17) is 0 Å². The second kappa shape index (κ2) is 6.62. The highest BCUT2D eigenvalue weighted by molar-refractivity contribution is 7.98. The monoisotopic (exact) mass is 318 g/mol. The van der Waals surface area contributed by atoms with Gasteiger partial charge in [0.2, 0.25) is 0 Å². The van der Waals surface area contributed by atoms with Gasteiger partial charge in [-0.2, -0.15) is 0 Å². The van der Waals surface area contributed by atoms with Gasteiger partial charge < -0.3 is 5.32 Å². The van der Waals surface area contributed by atoms with Crippen molar-refractivity contribution in [2.24, 2.45) is 5.92 Å². The molecule has 5 heteroatoms. The van der Waals surface area contributed by atoms with Crippen molar-refractivity contribution >= 4 is 29.0 Å². The molecule has 110 valence electrons. The first-order valence-electron chi connectivity index (χ1n) is 7.13. The highest BCUT2D eigenvalue weighted by Crippen LogP contribution is 2.32. The van der Waals surface area contributed by atoms with Crippen LogP contribution >= 0.6 is 23.1 Å². The molecule has 1 fully saturated rings. The van der Waals surface area contributed by atoms with E-state index in [9.17, 15) is 4.79 Å². The van der Waals surface area contributed by atoms with Crippen molar-refractivity contribution in [2.45, 2.75) is 36.5 Å². The number of thiazole rings is 1. The summed E-state index contributed by atoms with van der Waals surface area (Å²) in [6.45, 7) is 2.09. The molecule has 0 bridgehead atoms. The first kappa shape index (κ1) is 14.6. The molecule has 1 atom stereocenters. The molecule has 3 nitrogen and oxygen atoms in total. The molecule has 0 saturated heterocycles. The normalized spacial score (nSPS) is 15.7. The second-order valence-corrected chi connectivity index (χ2v) is 7.16. The Bertz CT molecular complexity index is 591. The fourth-order valence-corrected chi connectivity index (χ4v) is 3.64. The maximum atomic E-state index is 12.1. The minimum absolute atomic E-state index is 0.0328. The zero-order chi connectivity index (χ0) is 14.7. The molecule has 1 aromatic carbocycles. The zero-order valence-corrected chi connectivity index (χ0v) is 13.5. The van der Waals surface area contributed by atoms with Crippen molar-refractivity contribution in [3.8, 4) is 0 Å². The van der Waals surface area contributed by atoms with Crippen LogP contribution in [0.25, 0.3) is 0 Å². The Morgan fingerprint density at radius 3 is 2.81 bits per heavy atom. The van der Waals surface area contributed by atoms with Gasteiger partial charge in [0, 0.05) is 27.6 Å². The lowest BCUT2D eigenvalue weighted by molar-refractivity contribution is 0.0936. The standard InChI is InChI=1S/C16H18N2OS2/c1-11(12-2-3-12)18-16(19)13-4-6-15(7-5-13)21-9-14-8-20-10-17-14/h4-8,10-12H,2-3,9H2,1H3,(H,18,19)/t11-/m0/s1. The van der Waals surface area contributed by atoms with Crippen molar-refractivity contribution in [2.75, 3.05) is 0 Å². The van der Waals surface area contributed by atoms with E-state index in [1.807, 2.05) is 29.8 Å². The van der Waals surface area contributed by atoms with Crippen LogP contribution in [0.4, 0.5) is 0 Å². The van der Waals surface area contributed by atoms with Crippen LogP contribution in [-0.2, 0) is 5.75 Å². The zero-order valence-electron chi connectivity index (χ0n) is 11.9. The van der Waals surface area contributed by atoms with Gasteiger partial charge in [-0.3, -0.25) is 4.79 Å². The summed E-state index contributed by atoms with van der Waals surface area (Å²) in [5.41, 5.74) is 3.69. The SMILES string of the molecule is C[C@H](NC(=O)c1ccc(SCc2cscn2)cc1)C1CC1. The maximum absolute atomic E-state index is 12.1. The number of amides is 1. The minimum atomic E-state index is 0.0328. The molecule has 3 rings (SSSR count). The Labute approximate surface area is 133 Å². The lowest BCUT2D eigenvalue weighted by atomic mass is 10.1. The number of thioether (sulfide) groups is 1. The van der Waals surface area contributed by atoms with Gasteiger partial charge in [0.1, 0.15) is 0 Å². The van der Waals surface area contributed by atoms with E-state index in [0.717, 1.165) is 21.9 Å². The highest BCUT2D eigenvalue weighted by atomic mass is 32.2. The molecular formula is C16H18N2OS2. The number of aromatic nitrogens is 1. The van der Waals surface area contributed by atoms with E-state index in [-0.39, 0.29) is 11.9 Å². The molecule has 1 amide bonds. The lowest BCUT2D eigenvalue weighted by Crippen LogP contribution is -2.33. The van der Waals surface area contributed by atoms with Crippen molar-refractivity contribution in [3.05, 3.63) is 46.4 Å². The smallest absolute Gasteiger partial charge is 0.251 e. The Balaban J connectivity index is 1.54. The summed E-state index contributed by atoms with van der Waals surface area (Å²) in [6, 6.07) is 8.11. The average Bonchev–Trinajstić information content (AvgIpc) is 3.23. The molecule has 0 unspecified atom stereocenters. The number of nitrogens with one attached hydrogen (secondary N) is 1. The number of nitrogens with zero attached hydrogens (tertiary/aromatic N) is 1. The topological polar surface area (TPSA) is 42.0 Å². The van der Waals surface area contributed by atoms with Gasteiger partial charge in [0.25, 0.3) is 5.91 Å². The third kappa shape index (κ3) is 4.08. The van der Waals surface area contributed by atoms with E-state index in [2.05, 4.69) is 22.6 Å². The molecule has 1 saturated carbocycles. The molecule has 0 radical (unpaired) electrons.